The average Bonchev–Trinajstić information content (AvgIpc) is 2.37. The van der Waals surface area contributed by atoms with E-state index in [0.717, 1.165) is 29.4 Å². The summed E-state index contributed by atoms with van der Waals surface area (Å²) in [6.45, 7) is 2.80. The number of rotatable bonds is 5. The van der Waals surface area contributed by atoms with Crippen LogP contribution >= 0.6 is 0 Å². The number of fused-ring (bicyclic) bond motifs is 1. The maximum Gasteiger partial charge on any atom is 0.238 e. The van der Waals surface area contributed by atoms with Gasteiger partial charge in [0.25, 0.3) is 0 Å². The fourth-order valence-corrected chi connectivity index (χ4v) is 2.35. The molecule has 0 aliphatic rings. The summed E-state index contributed by atoms with van der Waals surface area (Å²) >= 11 is 0. The minimum Gasteiger partial charge on any atom is -0.494 e. The van der Waals surface area contributed by atoms with Gasteiger partial charge in [0.2, 0.25) is 10.0 Å². The Morgan fingerprint density at radius 2 is 1.79 bits per heavy atom. The number of sulfonamides is 1. The molecule has 0 bridgehead atoms. The highest BCUT2D eigenvalue weighted by Gasteiger charge is 2.08. The lowest BCUT2D eigenvalue weighted by molar-refractivity contribution is 0.310. The summed E-state index contributed by atoms with van der Waals surface area (Å²) in [5, 5.41) is 6.87. The van der Waals surface area contributed by atoms with Crippen LogP contribution in [0.2, 0.25) is 0 Å². The molecule has 0 unspecified atom stereocenters. The van der Waals surface area contributed by atoms with Crippen LogP contribution in [-0.4, -0.2) is 15.0 Å². The van der Waals surface area contributed by atoms with Gasteiger partial charge in [-0.15, -0.1) is 0 Å². The molecule has 0 aliphatic heterocycles. The summed E-state index contributed by atoms with van der Waals surface area (Å²) in [7, 11) is -3.65. The van der Waals surface area contributed by atoms with E-state index in [1.54, 1.807) is 12.1 Å². The van der Waals surface area contributed by atoms with Gasteiger partial charge < -0.3 is 4.74 Å². The van der Waals surface area contributed by atoms with E-state index >= 15 is 0 Å². The van der Waals surface area contributed by atoms with Gasteiger partial charge in [-0.1, -0.05) is 25.5 Å². The van der Waals surface area contributed by atoms with E-state index in [0.29, 0.717) is 6.61 Å². The third-order valence-corrected chi connectivity index (χ3v) is 3.79. The van der Waals surface area contributed by atoms with Gasteiger partial charge in [-0.2, -0.15) is 0 Å². The molecular formula is C14H17NO3S. The molecule has 0 aromatic heterocycles. The standard InChI is InChI=1S/C14H17NO3S/c1-2-3-8-18-13-6-4-12-10-14(19(15,16)17)7-5-11(12)9-13/h4-7,9-10H,2-3,8H2,1H3,(H2,15,16,17). The van der Waals surface area contributed by atoms with Gasteiger partial charge in [0.15, 0.2) is 0 Å². The number of unbranched alkanes of at least 4 members (excludes halogenated alkanes) is 1. The molecule has 2 aromatic rings. The molecule has 2 N–H and O–H groups in total. The molecule has 0 spiro atoms. The smallest absolute Gasteiger partial charge is 0.238 e. The first-order valence-corrected chi connectivity index (χ1v) is 7.75. The molecule has 0 saturated carbocycles. The Labute approximate surface area is 113 Å². The second kappa shape index (κ2) is 5.59. The molecule has 0 saturated heterocycles. The summed E-state index contributed by atoms with van der Waals surface area (Å²) in [5.41, 5.74) is 0. The summed E-state index contributed by atoms with van der Waals surface area (Å²) in [6, 6.07) is 10.4. The van der Waals surface area contributed by atoms with Crippen LogP contribution in [0.15, 0.2) is 41.3 Å². The Hall–Kier alpha value is -1.59. The first kappa shape index (κ1) is 13.8. The predicted octanol–water partition coefficient (Wildman–Crippen LogP) is 2.67. The van der Waals surface area contributed by atoms with Crippen LogP contribution in [0.3, 0.4) is 0 Å². The van der Waals surface area contributed by atoms with Gasteiger partial charge in [-0.05, 0) is 41.5 Å². The maximum atomic E-state index is 11.3. The lowest BCUT2D eigenvalue weighted by Crippen LogP contribution is -2.11. The van der Waals surface area contributed by atoms with Gasteiger partial charge in [0.1, 0.15) is 5.75 Å². The van der Waals surface area contributed by atoms with E-state index in [9.17, 15) is 8.42 Å². The van der Waals surface area contributed by atoms with Crippen molar-refractivity contribution in [3.63, 3.8) is 0 Å². The second-order valence-corrected chi connectivity index (χ2v) is 5.98. The highest BCUT2D eigenvalue weighted by Crippen LogP contribution is 2.23. The Morgan fingerprint density at radius 3 is 2.47 bits per heavy atom. The van der Waals surface area contributed by atoms with Crippen molar-refractivity contribution >= 4 is 20.8 Å². The average molecular weight is 279 g/mol. The topological polar surface area (TPSA) is 69.4 Å². The van der Waals surface area contributed by atoms with E-state index < -0.39 is 10.0 Å². The van der Waals surface area contributed by atoms with Crippen LogP contribution < -0.4 is 9.88 Å². The van der Waals surface area contributed by atoms with Crippen molar-refractivity contribution in [2.24, 2.45) is 5.14 Å². The normalized spacial score (nSPS) is 11.7. The molecule has 2 aromatic carbocycles. The van der Waals surface area contributed by atoms with Crippen molar-refractivity contribution in [1.82, 2.24) is 0 Å². The zero-order valence-electron chi connectivity index (χ0n) is 10.8. The van der Waals surface area contributed by atoms with Crippen LogP contribution in [0.25, 0.3) is 10.8 Å². The van der Waals surface area contributed by atoms with Crippen molar-refractivity contribution in [3.8, 4) is 5.75 Å². The monoisotopic (exact) mass is 279 g/mol. The molecule has 0 atom stereocenters. The Bertz CT molecular complexity index is 680. The van der Waals surface area contributed by atoms with E-state index in [4.69, 9.17) is 9.88 Å². The van der Waals surface area contributed by atoms with Gasteiger partial charge >= 0.3 is 0 Å². The molecule has 0 fully saturated rings. The van der Waals surface area contributed by atoms with E-state index in [1.807, 2.05) is 18.2 Å². The second-order valence-electron chi connectivity index (χ2n) is 4.42. The van der Waals surface area contributed by atoms with E-state index in [-0.39, 0.29) is 4.90 Å². The predicted molar refractivity (Wildman–Crippen MR) is 75.7 cm³/mol. The van der Waals surface area contributed by atoms with Crippen molar-refractivity contribution < 1.29 is 13.2 Å². The van der Waals surface area contributed by atoms with Crippen LogP contribution in [-0.2, 0) is 10.0 Å². The quantitative estimate of drug-likeness (QED) is 0.855. The Balaban J connectivity index is 2.30. The summed E-state index contributed by atoms with van der Waals surface area (Å²) in [6.07, 6.45) is 2.10. The SMILES string of the molecule is CCCCOc1ccc2cc(S(N)(=O)=O)ccc2c1. The number of benzene rings is 2. The fraction of sp³-hybridized carbons (Fsp3) is 0.286. The number of hydrogen-bond acceptors (Lipinski definition) is 3. The lowest BCUT2D eigenvalue weighted by atomic mass is 10.1. The molecule has 5 heteroatoms. The summed E-state index contributed by atoms with van der Waals surface area (Å²) < 4.78 is 28.2. The zero-order valence-corrected chi connectivity index (χ0v) is 11.6. The van der Waals surface area contributed by atoms with Gasteiger partial charge in [0.05, 0.1) is 11.5 Å². The number of ether oxygens (including phenoxy) is 1. The highest BCUT2D eigenvalue weighted by molar-refractivity contribution is 7.89. The lowest BCUT2D eigenvalue weighted by Gasteiger charge is -2.07. The molecule has 0 heterocycles. The molecule has 0 aliphatic carbocycles. The molecule has 19 heavy (non-hydrogen) atoms. The van der Waals surface area contributed by atoms with Crippen LogP contribution in [0, 0.1) is 0 Å². The number of primary sulfonamides is 1. The maximum absolute atomic E-state index is 11.3. The summed E-state index contributed by atoms with van der Waals surface area (Å²) in [4.78, 5) is 0.125. The van der Waals surface area contributed by atoms with Crippen LogP contribution in [0.1, 0.15) is 19.8 Å². The van der Waals surface area contributed by atoms with E-state index in [1.165, 1.54) is 6.07 Å². The molecule has 4 nitrogen and oxygen atoms in total. The zero-order chi connectivity index (χ0) is 13.9. The molecule has 0 amide bonds. The van der Waals surface area contributed by atoms with E-state index in [2.05, 4.69) is 6.92 Å². The molecule has 102 valence electrons. The van der Waals surface area contributed by atoms with Crippen molar-refractivity contribution in [2.45, 2.75) is 24.7 Å². The summed E-state index contributed by atoms with van der Waals surface area (Å²) in [5.74, 6) is 0.796. The number of hydrogen-bond donors (Lipinski definition) is 1. The highest BCUT2D eigenvalue weighted by atomic mass is 32.2. The van der Waals surface area contributed by atoms with Crippen LogP contribution in [0.4, 0.5) is 0 Å². The van der Waals surface area contributed by atoms with Gasteiger partial charge in [-0.25, -0.2) is 13.6 Å². The van der Waals surface area contributed by atoms with Crippen molar-refractivity contribution in [1.29, 1.82) is 0 Å². The third kappa shape index (κ3) is 3.45. The van der Waals surface area contributed by atoms with Crippen LogP contribution in [0.5, 0.6) is 5.75 Å². The molecule has 2 rings (SSSR count). The third-order valence-electron chi connectivity index (χ3n) is 2.88. The van der Waals surface area contributed by atoms with Crippen molar-refractivity contribution in [3.05, 3.63) is 36.4 Å². The first-order chi connectivity index (χ1) is 9.00. The molecular weight excluding hydrogens is 262 g/mol. The minimum atomic E-state index is -3.65. The van der Waals surface area contributed by atoms with Crippen molar-refractivity contribution in [2.75, 3.05) is 6.61 Å². The van der Waals surface area contributed by atoms with Gasteiger partial charge in [-0.3, -0.25) is 0 Å². The fourth-order valence-electron chi connectivity index (χ4n) is 1.80. The molecule has 0 radical (unpaired) electrons. The number of nitrogens with two attached hydrogens (primary N) is 1. The van der Waals surface area contributed by atoms with Gasteiger partial charge in [0, 0.05) is 0 Å². The first-order valence-electron chi connectivity index (χ1n) is 6.20. The Morgan fingerprint density at radius 1 is 1.11 bits per heavy atom. The minimum absolute atomic E-state index is 0.125. The largest absolute Gasteiger partial charge is 0.494 e. The Kier molecular flexibility index (Phi) is 4.07.